The number of carbonyl (C=O) groups is 2. The van der Waals surface area contributed by atoms with E-state index in [1.165, 1.54) is 22.4 Å². The van der Waals surface area contributed by atoms with Crippen LogP contribution in [0.5, 0.6) is 0 Å². The molecule has 1 aliphatic rings. The predicted molar refractivity (Wildman–Crippen MR) is 102 cm³/mol. The van der Waals surface area contributed by atoms with Crippen molar-refractivity contribution in [3.63, 3.8) is 0 Å². The Bertz CT molecular complexity index is 755. The number of nitrogens with zero attached hydrogens (tertiary/aromatic N) is 3. The summed E-state index contributed by atoms with van der Waals surface area (Å²) in [6, 6.07) is 3.52. The Kier molecular flexibility index (Phi) is 6.15. The maximum atomic E-state index is 12.3. The summed E-state index contributed by atoms with van der Waals surface area (Å²) in [5, 5.41) is 15.2. The maximum Gasteiger partial charge on any atom is 0.321 e. The van der Waals surface area contributed by atoms with Gasteiger partial charge in [-0.1, -0.05) is 37.1 Å². The lowest BCUT2D eigenvalue weighted by Gasteiger charge is -2.22. The molecule has 3 amide bonds. The van der Waals surface area contributed by atoms with Gasteiger partial charge < -0.3 is 11.2 Å². The van der Waals surface area contributed by atoms with Crippen molar-refractivity contribution in [3.8, 4) is 10.7 Å². The second-order valence-electron chi connectivity index (χ2n) is 6.21. The Labute approximate surface area is 159 Å². The van der Waals surface area contributed by atoms with Gasteiger partial charge in [0.1, 0.15) is 0 Å². The van der Waals surface area contributed by atoms with E-state index in [0.29, 0.717) is 11.0 Å². The fourth-order valence-electron chi connectivity index (χ4n) is 2.82. The second-order valence-corrected chi connectivity index (χ2v) is 8.47. The van der Waals surface area contributed by atoms with Gasteiger partial charge in [-0.2, -0.15) is 0 Å². The number of hydrogen-bond donors (Lipinski definition) is 3. The van der Waals surface area contributed by atoms with Crippen LogP contribution in [0, 0.1) is 0 Å². The molecule has 2 aromatic rings. The Balaban J connectivity index is 1.53. The number of urea groups is 1. The molecule has 0 unspecified atom stereocenters. The summed E-state index contributed by atoms with van der Waals surface area (Å²) in [6.07, 6.45) is 5.37. The van der Waals surface area contributed by atoms with Crippen molar-refractivity contribution in [1.29, 1.82) is 0 Å². The number of nitrogen functional groups attached to an aromatic ring is 1. The van der Waals surface area contributed by atoms with Crippen molar-refractivity contribution in [2.45, 2.75) is 55.5 Å². The molecule has 0 saturated heterocycles. The van der Waals surface area contributed by atoms with Crippen LogP contribution in [0.15, 0.2) is 22.7 Å². The number of thioether (sulfide) groups is 1. The van der Waals surface area contributed by atoms with E-state index in [4.69, 9.17) is 5.84 Å². The lowest BCUT2D eigenvalue weighted by molar-refractivity contribution is -0.119. The van der Waals surface area contributed by atoms with E-state index in [-0.39, 0.29) is 11.9 Å². The first-order valence-electron chi connectivity index (χ1n) is 8.57. The third-order valence-electron chi connectivity index (χ3n) is 4.23. The van der Waals surface area contributed by atoms with E-state index in [1.54, 1.807) is 6.92 Å². The largest absolute Gasteiger partial charge is 0.335 e. The Morgan fingerprint density at radius 2 is 2.12 bits per heavy atom. The maximum absolute atomic E-state index is 12.3. The number of aromatic nitrogens is 3. The molecule has 1 aliphatic carbocycles. The van der Waals surface area contributed by atoms with Crippen molar-refractivity contribution >= 4 is 35.0 Å². The number of imide groups is 1. The molecule has 1 atom stereocenters. The van der Waals surface area contributed by atoms with Gasteiger partial charge in [0.25, 0.3) is 0 Å². The molecule has 0 radical (unpaired) electrons. The van der Waals surface area contributed by atoms with Gasteiger partial charge in [-0.3, -0.25) is 10.1 Å². The summed E-state index contributed by atoms with van der Waals surface area (Å²) < 4.78 is 1.36. The molecule has 0 bridgehead atoms. The van der Waals surface area contributed by atoms with Crippen LogP contribution in [0.3, 0.4) is 0 Å². The molecule has 8 nitrogen and oxygen atoms in total. The van der Waals surface area contributed by atoms with Gasteiger partial charge in [0.05, 0.1) is 10.1 Å². The van der Waals surface area contributed by atoms with Crippen LogP contribution in [0.4, 0.5) is 4.79 Å². The molecule has 10 heteroatoms. The van der Waals surface area contributed by atoms with E-state index >= 15 is 0 Å². The second kappa shape index (κ2) is 8.54. The van der Waals surface area contributed by atoms with Gasteiger partial charge in [-0.05, 0) is 31.2 Å². The minimum absolute atomic E-state index is 0.153. The van der Waals surface area contributed by atoms with E-state index in [2.05, 4.69) is 20.8 Å². The van der Waals surface area contributed by atoms with Gasteiger partial charge >= 0.3 is 6.03 Å². The molecule has 1 fully saturated rings. The highest BCUT2D eigenvalue weighted by molar-refractivity contribution is 8.00. The first kappa shape index (κ1) is 18.7. The minimum atomic E-state index is -0.533. The van der Waals surface area contributed by atoms with Crippen LogP contribution < -0.4 is 16.5 Å². The van der Waals surface area contributed by atoms with Crippen molar-refractivity contribution in [2.75, 3.05) is 5.84 Å². The summed E-state index contributed by atoms with van der Waals surface area (Å²) in [5.41, 5.74) is 0. The van der Waals surface area contributed by atoms with E-state index in [9.17, 15) is 9.59 Å². The average Bonchev–Trinajstić information content (AvgIpc) is 3.26. The molecule has 0 aromatic carbocycles. The Hall–Kier alpha value is -2.07. The number of rotatable bonds is 5. The molecule has 3 rings (SSSR count). The molecule has 2 aromatic heterocycles. The minimum Gasteiger partial charge on any atom is -0.335 e. The molecule has 2 heterocycles. The zero-order valence-electron chi connectivity index (χ0n) is 14.5. The molecule has 26 heavy (non-hydrogen) atoms. The van der Waals surface area contributed by atoms with Crippen molar-refractivity contribution < 1.29 is 9.59 Å². The SMILES string of the molecule is C[C@@H](Sc1nnc(-c2cccs2)n1N)C(=O)NC(=O)NC1CCCCC1. The lowest BCUT2D eigenvalue weighted by Crippen LogP contribution is -2.47. The summed E-state index contributed by atoms with van der Waals surface area (Å²) in [6.45, 7) is 1.70. The number of hydrogen-bond acceptors (Lipinski definition) is 7. The number of nitrogens with one attached hydrogen (secondary N) is 2. The number of thiophene rings is 1. The summed E-state index contributed by atoms with van der Waals surface area (Å²) in [7, 11) is 0. The summed E-state index contributed by atoms with van der Waals surface area (Å²) >= 11 is 2.67. The summed E-state index contributed by atoms with van der Waals surface area (Å²) in [4.78, 5) is 25.2. The van der Waals surface area contributed by atoms with Crippen LogP contribution >= 0.6 is 23.1 Å². The topological polar surface area (TPSA) is 115 Å². The van der Waals surface area contributed by atoms with Gasteiger partial charge in [0.15, 0.2) is 5.82 Å². The number of nitrogens with two attached hydrogens (primary N) is 1. The predicted octanol–water partition coefficient (Wildman–Crippen LogP) is 2.36. The molecule has 0 spiro atoms. The van der Waals surface area contributed by atoms with Crippen LogP contribution in [0.1, 0.15) is 39.0 Å². The fourth-order valence-corrected chi connectivity index (χ4v) is 4.30. The highest BCUT2D eigenvalue weighted by Gasteiger charge is 2.23. The van der Waals surface area contributed by atoms with Gasteiger partial charge in [0, 0.05) is 6.04 Å². The smallest absolute Gasteiger partial charge is 0.321 e. The highest BCUT2D eigenvalue weighted by Crippen LogP contribution is 2.27. The van der Waals surface area contributed by atoms with Crippen LogP contribution in [-0.4, -0.2) is 38.1 Å². The van der Waals surface area contributed by atoms with Crippen molar-refractivity contribution in [1.82, 2.24) is 25.5 Å². The molecule has 4 N–H and O–H groups in total. The van der Waals surface area contributed by atoms with Crippen molar-refractivity contribution in [2.24, 2.45) is 0 Å². The van der Waals surface area contributed by atoms with Crippen LogP contribution in [0.25, 0.3) is 10.7 Å². The average molecular weight is 395 g/mol. The molecular weight excluding hydrogens is 372 g/mol. The molecule has 140 valence electrons. The third-order valence-corrected chi connectivity index (χ3v) is 6.16. The summed E-state index contributed by atoms with van der Waals surface area (Å²) in [5.74, 6) is 6.20. The standard InChI is InChI=1S/C16H22N6O2S2/c1-10(14(23)19-15(24)18-11-6-3-2-4-7-11)26-16-21-20-13(22(16)17)12-8-5-9-25-12/h5,8-11H,2-4,6-7,17H2,1H3,(H2,18,19,23,24)/t10-/m1/s1. The van der Waals surface area contributed by atoms with Crippen LogP contribution in [-0.2, 0) is 4.79 Å². The first-order valence-corrected chi connectivity index (χ1v) is 10.3. The molecular formula is C16H22N6O2S2. The van der Waals surface area contributed by atoms with Crippen LogP contribution in [0.2, 0.25) is 0 Å². The van der Waals surface area contributed by atoms with E-state index in [0.717, 1.165) is 42.3 Å². The number of amides is 3. The van der Waals surface area contributed by atoms with E-state index in [1.807, 2.05) is 17.5 Å². The Morgan fingerprint density at radius 3 is 2.81 bits per heavy atom. The van der Waals surface area contributed by atoms with Gasteiger partial charge in [0.2, 0.25) is 11.1 Å². The zero-order valence-corrected chi connectivity index (χ0v) is 16.1. The third kappa shape index (κ3) is 4.55. The Morgan fingerprint density at radius 1 is 1.35 bits per heavy atom. The fraction of sp³-hybridized carbons (Fsp3) is 0.500. The number of carbonyl (C=O) groups excluding carboxylic acids is 2. The molecule has 0 aliphatic heterocycles. The first-order chi connectivity index (χ1) is 12.5. The van der Waals surface area contributed by atoms with Crippen molar-refractivity contribution in [3.05, 3.63) is 17.5 Å². The van der Waals surface area contributed by atoms with Gasteiger partial charge in [-0.25, -0.2) is 9.47 Å². The lowest BCUT2D eigenvalue weighted by atomic mass is 9.96. The van der Waals surface area contributed by atoms with Gasteiger partial charge in [-0.15, -0.1) is 21.5 Å². The quantitative estimate of drug-likeness (QED) is 0.530. The normalized spacial score (nSPS) is 16.2. The molecule has 1 saturated carbocycles. The van der Waals surface area contributed by atoms with E-state index < -0.39 is 11.3 Å². The zero-order chi connectivity index (χ0) is 18.5. The monoisotopic (exact) mass is 394 g/mol. The highest BCUT2D eigenvalue weighted by atomic mass is 32.2.